The predicted octanol–water partition coefficient (Wildman–Crippen LogP) is 3.15. The normalized spacial score (nSPS) is 11.1. The van der Waals surface area contributed by atoms with Crippen LogP contribution in [0.25, 0.3) is 0 Å². The van der Waals surface area contributed by atoms with E-state index in [1.807, 2.05) is 32.0 Å². The van der Waals surface area contributed by atoms with Crippen molar-refractivity contribution in [3.63, 3.8) is 0 Å². The van der Waals surface area contributed by atoms with Gasteiger partial charge in [0.15, 0.2) is 0 Å². The Morgan fingerprint density at radius 1 is 1.47 bits per heavy atom. The molecule has 1 aromatic rings. The van der Waals surface area contributed by atoms with Gasteiger partial charge in [0.25, 0.3) is 0 Å². The highest BCUT2D eigenvalue weighted by molar-refractivity contribution is 8.14. The van der Waals surface area contributed by atoms with Crippen molar-refractivity contribution in [3.8, 4) is 0 Å². The van der Waals surface area contributed by atoms with Crippen molar-refractivity contribution in [2.24, 2.45) is 0 Å². The van der Waals surface area contributed by atoms with Gasteiger partial charge in [-0.05, 0) is 19.1 Å². The zero-order valence-corrected chi connectivity index (χ0v) is 10.5. The number of carbonyl (C=O) groups is 1. The Labute approximate surface area is 94.7 Å². The molecule has 84 valence electrons. The molecule has 0 N–H and O–H groups in total. The number of hydrogen-bond donors (Lipinski definition) is 0. The first kappa shape index (κ1) is 14.0. The lowest BCUT2D eigenvalue weighted by Crippen LogP contribution is -1.94. The molecule has 1 unspecified atom stereocenters. The molecule has 0 aliphatic carbocycles. The summed E-state index contributed by atoms with van der Waals surface area (Å²) >= 11 is 0. The minimum atomic E-state index is -0.136. The molecular formula is C12H19NOS. The molecule has 0 aromatic carbocycles. The van der Waals surface area contributed by atoms with Crippen LogP contribution >= 0.6 is 10.5 Å². The highest BCUT2D eigenvalue weighted by Gasteiger charge is 1.99. The van der Waals surface area contributed by atoms with Gasteiger partial charge >= 0.3 is 0 Å². The third kappa shape index (κ3) is 6.18. The number of carbonyl (C=O) groups excluding carboxylic acids is 1. The topological polar surface area (TPSA) is 30.0 Å². The molecule has 0 aliphatic heterocycles. The number of pyridine rings is 1. The summed E-state index contributed by atoms with van der Waals surface area (Å²) in [6, 6.07) is 5.78. The van der Waals surface area contributed by atoms with Crippen LogP contribution in [-0.4, -0.2) is 22.4 Å². The van der Waals surface area contributed by atoms with Crippen LogP contribution in [0.3, 0.4) is 0 Å². The molecule has 0 radical (unpaired) electrons. The van der Waals surface area contributed by atoms with E-state index in [1.165, 1.54) is 0 Å². The Balaban J connectivity index is 0.000000921. The summed E-state index contributed by atoms with van der Waals surface area (Å²) in [6.45, 7) is 5.61. The molecule has 15 heavy (non-hydrogen) atoms. The van der Waals surface area contributed by atoms with Gasteiger partial charge in [-0.15, -0.1) is 10.5 Å². The Kier molecular flexibility index (Phi) is 7.82. The zero-order valence-electron chi connectivity index (χ0n) is 9.69. The fourth-order valence-electron chi connectivity index (χ4n) is 0.889. The molecule has 0 aliphatic rings. The number of rotatable bonds is 4. The largest absolute Gasteiger partial charge is 0.300 e. The highest BCUT2D eigenvalue weighted by atomic mass is 32.2. The molecule has 0 fully saturated rings. The number of ketones is 1. The van der Waals surface area contributed by atoms with Crippen molar-refractivity contribution < 1.29 is 4.79 Å². The molecule has 0 amide bonds. The predicted molar refractivity (Wildman–Crippen MR) is 68.7 cm³/mol. The van der Waals surface area contributed by atoms with Crippen LogP contribution < -0.4 is 0 Å². The molecule has 3 heteroatoms. The summed E-state index contributed by atoms with van der Waals surface area (Å²) in [5.41, 5.74) is 0. The van der Waals surface area contributed by atoms with Crippen LogP contribution in [-0.2, 0) is 4.79 Å². The summed E-state index contributed by atoms with van der Waals surface area (Å²) < 4.78 is 0. The van der Waals surface area contributed by atoms with Crippen LogP contribution in [0.4, 0.5) is 0 Å². The van der Waals surface area contributed by atoms with E-state index in [-0.39, 0.29) is 16.3 Å². The molecule has 0 spiro atoms. The number of hydrogen-bond acceptors (Lipinski definition) is 2. The van der Waals surface area contributed by atoms with Gasteiger partial charge in [0.05, 0.1) is 5.03 Å². The van der Waals surface area contributed by atoms with Crippen LogP contribution in [0.15, 0.2) is 29.4 Å². The number of nitrogens with zero attached hydrogens (tertiary/aromatic N) is 1. The minimum Gasteiger partial charge on any atom is -0.300 e. The van der Waals surface area contributed by atoms with E-state index in [2.05, 4.69) is 10.9 Å². The zero-order chi connectivity index (χ0) is 11.7. The lowest BCUT2D eigenvalue weighted by molar-refractivity contribution is -0.116. The lowest BCUT2D eigenvalue weighted by Gasteiger charge is -2.03. The highest BCUT2D eigenvalue weighted by Crippen LogP contribution is 2.21. The summed E-state index contributed by atoms with van der Waals surface area (Å²) in [6.07, 6.45) is 2.36. The maximum atomic E-state index is 10.7. The van der Waals surface area contributed by atoms with E-state index in [0.29, 0.717) is 6.42 Å². The number of aromatic nitrogens is 1. The van der Waals surface area contributed by atoms with Crippen molar-refractivity contribution in [2.75, 3.05) is 5.75 Å². The summed E-state index contributed by atoms with van der Waals surface area (Å²) in [5.74, 6) is 5.02. The Morgan fingerprint density at radius 2 is 2.13 bits per heavy atom. The fraction of sp³-hybridized carbons (Fsp3) is 0.417. The molecular weight excluding hydrogens is 206 g/mol. The molecule has 0 saturated heterocycles. The molecule has 0 bridgehead atoms. The average Bonchev–Trinajstić information content (AvgIpc) is 2.30. The van der Waals surface area contributed by atoms with Gasteiger partial charge in [0.2, 0.25) is 0 Å². The second kappa shape index (κ2) is 8.36. The van der Waals surface area contributed by atoms with Crippen LogP contribution in [0.2, 0.25) is 0 Å². The molecule has 1 atom stereocenters. The van der Waals surface area contributed by atoms with Crippen molar-refractivity contribution in [1.29, 1.82) is 0 Å². The van der Waals surface area contributed by atoms with Gasteiger partial charge in [-0.3, -0.25) is 9.78 Å². The Hall–Kier alpha value is -0.960. The van der Waals surface area contributed by atoms with Crippen molar-refractivity contribution >= 4 is 22.1 Å². The number of Topliss-reactive ketones (excluding diaryl/α,β-unsaturated/α-hetero) is 1. The fourth-order valence-corrected chi connectivity index (χ4v) is 2.11. The van der Waals surface area contributed by atoms with Gasteiger partial charge < -0.3 is 0 Å². The van der Waals surface area contributed by atoms with Crippen LogP contribution in [0.1, 0.15) is 27.2 Å². The molecule has 1 aromatic heterocycles. The van der Waals surface area contributed by atoms with E-state index in [1.54, 1.807) is 13.1 Å². The second-order valence-electron chi connectivity index (χ2n) is 2.82. The monoisotopic (exact) mass is 225 g/mol. The summed E-state index contributed by atoms with van der Waals surface area (Å²) in [7, 11) is -0.136. The van der Waals surface area contributed by atoms with Crippen LogP contribution in [0, 0.1) is 0 Å². The third-order valence-corrected chi connectivity index (χ3v) is 3.16. The van der Waals surface area contributed by atoms with Crippen molar-refractivity contribution in [3.05, 3.63) is 24.4 Å². The molecule has 1 heterocycles. The van der Waals surface area contributed by atoms with Gasteiger partial charge in [-0.25, -0.2) is 0 Å². The summed E-state index contributed by atoms with van der Waals surface area (Å²) in [4.78, 5) is 14.9. The average molecular weight is 225 g/mol. The smallest absolute Gasteiger partial charge is 0.130 e. The van der Waals surface area contributed by atoms with Gasteiger partial charge in [0, 0.05) is 18.4 Å². The van der Waals surface area contributed by atoms with E-state index < -0.39 is 0 Å². The van der Waals surface area contributed by atoms with Gasteiger partial charge in [0.1, 0.15) is 5.78 Å². The molecule has 1 rings (SSSR count). The van der Waals surface area contributed by atoms with Crippen molar-refractivity contribution in [2.45, 2.75) is 32.2 Å². The van der Waals surface area contributed by atoms with E-state index >= 15 is 0 Å². The Bertz CT molecular complexity index is 309. The quantitative estimate of drug-likeness (QED) is 0.737. The minimum absolute atomic E-state index is 0.136. The maximum Gasteiger partial charge on any atom is 0.130 e. The molecule has 0 saturated carbocycles. The first-order valence-electron chi connectivity index (χ1n) is 5.11. The van der Waals surface area contributed by atoms with E-state index in [9.17, 15) is 4.79 Å². The Morgan fingerprint density at radius 3 is 2.60 bits per heavy atom. The summed E-state index contributed by atoms with van der Waals surface area (Å²) in [5, 5.41) is 0.990. The van der Waals surface area contributed by atoms with Crippen molar-refractivity contribution in [1.82, 2.24) is 4.98 Å². The first-order valence-corrected chi connectivity index (χ1v) is 6.67. The second-order valence-corrected chi connectivity index (χ2v) is 4.63. The first-order chi connectivity index (χ1) is 7.20. The van der Waals surface area contributed by atoms with Gasteiger partial charge in [-0.1, -0.05) is 25.8 Å². The lowest BCUT2D eigenvalue weighted by atomic mass is 10.4. The standard InChI is InChI=1S/C10H13NOS.C2H6/c1-9(12)6-8-13(2)10-5-3-4-7-11-10;1-2/h3-5,7H,2,6,8H2,1H3;1-2H3. The van der Waals surface area contributed by atoms with E-state index in [0.717, 1.165) is 10.8 Å². The van der Waals surface area contributed by atoms with Crippen LogP contribution in [0.5, 0.6) is 0 Å². The maximum absolute atomic E-state index is 10.7. The third-order valence-electron chi connectivity index (χ3n) is 1.63. The molecule has 2 nitrogen and oxygen atoms in total. The SMILES string of the molecule is C=S(CCC(C)=O)c1ccccn1.CC. The van der Waals surface area contributed by atoms with Gasteiger partial charge in [-0.2, -0.15) is 0 Å². The van der Waals surface area contributed by atoms with E-state index in [4.69, 9.17) is 0 Å².